The average molecular weight is 643 g/mol. The normalized spacial score (nSPS) is 10.2. The lowest BCUT2D eigenvalue weighted by Crippen LogP contribution is -2.03. The number of methoxy groups -OCH3 is 1. The zero-order valence-corrected chi connectivity index (χ0v) is 27.2. The molecule has 0 saturated carbocycles. The maximum absolute atomic E-state index is 11.1. The van der Waals surface area contributed by atoms with E-state index in [4.69, 9.17) is 24.1 Å². The van der Waals surface area contributed by atoms with E-state index < -0.39 is 5.97 Å². The summed E-state index contributed by atoms with van der Waals surface area (Å²) in [5.41, 5.74) is 2.11. The third-order valence-electron chi connectivity index (χ3n) is 6.96. The Hall–Kier alpha value is -4.98. The first kappa shape index (κ1) is 36.5. The molecule has 4 rings (SSSR count). The van der Waals surface area contributed by atoms with Crippen LogP contribution in [-0.4, -0.2) is 50.6 Å². The number of ether oxygens (including phenoxy) is 5. The van der Waals surface area contributed by atoms with Crippen molar-refractivity contribution >= 4 is 11.9 Å². The molecule has 1 N–H and O–H groups in total. The molecule has 0 aliphatic heterocycles. The van der Waals surface area contributed by atoms with E-state index in [1.54, 1.807) is 0 Å². The fourth-order valence-electron chi connectivity index (χ4n) is 4.31. The van der Waals surface area contributed by atoms with E-state index in [1.165, 1.54) is 7.11 Å². The molecule has 0 amide bonds. The average Bonchev–Trinajstić information content (AvgIpc) is 3.11. The van der Waals surface area contributed by atoms with Crippen LogP contribution in [-0.2, 0) is 27.2 Å². The zero-order chi connectivity index (χ0) is 33.4. The number of esters is 1. The number of carboxylic acid groups (broad SMARTS) is 1. The first-order valence-electron chi connectivity index (χ1n) is 16.1. The summed E-state index contributed by atoms with van der Waals surface area (Å²) in [6, 6.07) is 35.0. The van der Waals surface area contributed by atoms with E-state index >= 15 is 0 Å². The van der Waals surface area contributed by atoms with Gasteiger partial charge in [0.25, 0.3) is 0 Å². The molecule has 0 unspecified atom stereocenters. The second-order valence-corrected chi connectivity index (χ2v) is 10.7. The van der Waals surface area contributed by atoms with E-state index in [9.17, 15) is 9.59 Å². The van der Waals surface area contributed by atoms with Gasteiger partial charge in [0.05, 0.1) is 33.5 Å². The SMILES string of the molecule is COC(=O)CCc1ccc(OCCCCOc2ccccc2)cc1.O=C(O)CCc1ccc(OCCCCOc2ccccc2)cc1. The highest BCUT2D eigenvalue weighted by Gasteiger charge is 2.03. The second-order valence-electron chi connectivity index (χ2n) is 10.7. The summed E-state index contributed by atoms with van der Waals surface area (Å²) in [4.78, 5) is 21.6. The molecule has 0 bridgehead atoms. The summed E-state index contributed by atoms with van der Waals surface area (Å²) < 4.78 is 27.3. The van der Waals surface area contributed by atoms with Gasteiger partial charge >= 0.3 is 11.9 Å². The van der Waals surface area contributed by atoms with Crippen LogP contribution in [0.5, 0.6) is 23.0 Å². The van der Waals surface area contributed by atoms with Crippen LogP contribution in [0.15, 0.2) is 109 Å². The van der Waals surface area contributed by atoms with Crippen LogP contribution in [0.25, 0.3) is 0 Å². The molecule has 0 aliphatic rings. The van der Waals surface area contributed by atoms with Crippen LogP contribution in [0.1, 0.15) is 49.7 Å². The van der Waals surface area contributed by atoms with Gasteiger partial charge < -0.3 is 28.8 Å². The molecule has 0 atom stereocenters. The summed E-state index contributed by atoms with van der Waals surface area (Å²) >= 11 is 0. The number of benzene rings is 4. The van der Waals surface area contributed by atoms with Crippen LogP contribution in [0.4, 0.5) is 0 Å². The topological polar surface area (TPSA) is 101 Å². The molecule has 4 aromatic rings. The molecule has 47 heavy (non-hydrogen) atoms. The van der Waals surface area contributed by atoms with E-state index in [2.05, 4.69) is 4.74 Å². The number of rotatable bonds is 20. The molecule has 0 saturated heterocycles. The van der Waals surface area contributed by atoms with E-state index in [0.717, 1.165) is 59.8 Å². The van der Waals surface area contributed by atoms with Crippen molar-refractivity contribution in [3.05, 3.63) is 120 Å². The molecule has 0 spiro atoms. The number of aliphatic carboxylic acids is 1. The highest BCUT2D eigenvalue weighted by molar-refractivity contribution is 5.69. The molecule has 0 radical (unpaired) electrons. The Balaban J connectivity index is 0.000000256. The Labute approximate surface area is 278 Å². The highest BCUT2D eigenvalue weighted by atomic mass is 16.5. The van der Waals surface area contributed by atoms with Gasteiger partial charge in [-0.1, -0.05) is 60.7 Å². The van der Waals surface area contributed by atoms with Crippen molar-refractivity contribution < 1.29 is 38.4 Å². The van der Waals surface area contributed by atoms with Crippen LogP contribution in [0.2, 0.25) is 0 Å². The molecule has 8 nitrogen and oxygen atoms in total. The van der Waals surface area contributed by atoms with Gasteiger partial charge in [-0.2, -0.15) is 0 Å². The predicted molar refractivity (Wildman–Crippen MR) is 183 cm³/mol. The Kier molecular flexibility index (Phi) is 17.5. The van der Waals surface area contributed by atoms with E-state index in [0.29, 0.717) is 45.7 Å². The summed E-state index contributed by atoms with van der Waals surface area (Å²) in [6.07, 6.45) is 5.54. The number of hydrogen-bond acceptors (Lipinski definition) is 7. The van der Waals surface area contributed by atoms with Gasteiger partial charge in [-0.05, 0) is 98.2 Å². The zero-order valence-electron chi connectivity index (χ0n) is 27.2. The van der Waals surface area contributed by atoms with Crippen molar-refractivity contribution in [2.24, 2.45) is 0 Å². The monoisotopic (exact) mass is 642 g/mol. The molecular formula is C39H46O8. The quantitative estimate of drug-likeness (QED) is 0.0765. The van der Waals surface area contributed by atoms with Crippen LogP contribution >= 0.6 is 0 Å². The lowest BCUT2D eigenvalue weighted by molar-refractivity contribution is -0.140. The fourth-order valence-corrected chi connectivity index (χ4v) is 4.31. The smallest absolute Gasteiger partial charge is 0.305 e. The first-order valence-corrected chi connectivity index (χ1v) is 16.1. The van der Waals surface area contributed by atoms with E-state index in [-0.39, 0.29) is 12.4 Å². The molecule has 0 fully saturated rings. The van der Waals surface area contributed by atoms with Crippen molar-refractivity contribution in [2.45, 2.75) is 51.4 Å². The largest absolute Gasteiger partial charge is 0.494 e. The number of unbranched alkanes of at least 4 members (excludes halogenated alkanes) is 2. The van der Waals surface area contributed by atoms with Crippen molar-refractivity contribution in [3.63, 3.8) is 0 Å². The maximum Gasteiger partial charge on any atom is 0.305 e. The molecule has 0 heterocycles. The maximum atomic E-state index is 11.1. The summed E-state index contributed by atoms with van der Waals surface area (Å²) in [6.45, 7) is 2.69. The Morgan fingerprint density at radius 1 is 0.489 bits per heavy atom. The van der Waals surface area contributed by atoms with E-state index in [1.807, 2.05) is 109 Å². The first-order chi connectivity index (χ1) is 23.0. The molecule has 250 valence electrons. The standard InChI is InChI=1S/C20H24O4.C19H22O4/c1-22-20(21)14-11-17-9-12-19(13-10-17)24-16-6-5-15-23-18-7-3-2-4-8-18;20-19(21)13-10-16-8-11-18(12-9-16)23-15-5-4-14-22-17-6-2-1-3-7-17/h2-4,7-10,12-13H,5-6,11,14-16H2,1H3;1-3,6-9,11-12H,4-5,10,13-15H2,(H,20,21). The van der Waals surface area contributed by atoms with Crippen LogP contribution < -0.4 is 18.9 Å². The Morgan fingerprint density at radius 3 is 1.17 bits per heavy atom. The number of carbonyl (C=O) groups is 2. The molecular weight excluding hydrogens is 596 g/mol. The van der Waals surface area contributed by atoms with Gasteiger partial charge in [0.1, 0.15) is 23.0 Å². The minimum absolute atomic E-state index is 0.154. The van der Waals surface area contributed by atoms with Crippen molar-refractivity contribution in [2.75, 3.05) is 33.5 Å². The van der Waals surface area contributed by atoms with Crippen molar-refractivity contribution in [1.29, 1.82) is 0 Å². The summed E-state index contributed by atoms with van der Waals surface area (Å²) in [5.74, 6) is 2.50. The number of carboxylic acids is 1. The van der Waals surface area contributed by atoms with Gasteiger partial charge in [-0.15, -0.1) is 0 Å². The van der Waals surface area contributed by atoms with Crippen molar-refractivity contribution in [1.82, 2.24) is 0 Å². The number of carbonyl (C=O) groups excluding carboxylic acids is 1. The molecule has 4 aromatic carbocycles. The third-order valence-corrected chi connectivity index (χ3v) is 6.96. The van der Waals surface area contributed by atoms with Crippen molar-refractivity contribution in [3.8, 4) is 23.0 Å². The summed E-state index contributed by atoms with van der Waals surface area (Å²) in [7, 11) is 1.41. The van der Waals surface area contributed by atoms with Gasteiger partial charge in [0.15, 0.2) is 0 Å². The molecule has 8 heteroatoms. The van der Waals surface area contributed by atoms with Gasteiger partial charge in [0, 0.05) is 12.8 Å². The van der Waals surface area contributed by atoms with Gasteiger partial charge in [-0.25, -0.2) is 0 Å². The fraction of sp³-hybridized carbons (Fsp3) is 0.333. The van der Waals surface area contributed by atoms with Gasteiger partial charge in [0.2, 0.25) is 0 Å². The lowest BCUT2D eigenvalue weighted by atomic mass is 10.1. The van der Waals surface area contributed by atoms with Crippen LogP contribution in [0, 0.1) is 0 Å². The highest BCUT2D eigenvalue weighted by Crippen LogP contribution is 2.16. The Bertz CT molecular complexity index is 1390. The third kappa shape index (κ3) is 16.8. The number of para-hydroxylation sites is 2. The molecule has 0 aromatic heterocycles. The Morgan fingerprint density at radius 2 is 0.830 bits per heavy atom. The minimum atomic E-state index is -0.775. The summed E-state index contributed by atoms with van der Waals surface area (Å²) in [5, 5.41) is 8.65. The van der Waals surface area contributed by atoms with Gasteiger partial charge in [-0.3, -0.25) is 9.59 Å². The number of hydrogen-bond donors (Lipinski definition) is 1. The second kappa shape index (κ2) is 22.5. The predicted octanol–water partition coefficient (Wildman–Crippen LogP) is 7.97. The van der Waals surface area contributed by atoms with Crippen LogP contribution in [0.3, 0.4) is 0 Å². The molecule has 0 aliphatic carbocycles. The minimum Gasteiger partial charge on any atom is -0.494 e. The number of aryl methyl sites for hydroxylation is 2. The lowest BCUT2D eigenvalue weighted by Gasteiger charge is -2.08.